The van der Waals surface area contributed by atoms with Crippen LogP contribution in [0.25, 0.3) is 0 Å². The molecule has 7 nitrogen and oxygen atoms in total. The molecule has 0 radical (unpaired) electrons. The van der Waals surface area contributed by atoms with Gasteiger partial charge in [-0.25, -0.2) is 8.42 Å². The van der Waals surface area contributed by atoms with Crippen molar-refractivity contribution in [1.29, 1.82) is 0 Å². The molecule has 2 rings (SSSR count). The fourth-order valence-corrected chi connectivity index (χ4v) is 4.23. The Kier molecular flexibility index (Phi) is 8.04. The van der Waals surface area contributed by atoms with Gasteiger partial charge < -0.3 is 14.4 Å². The molecule has 0 bridgehead atoms. The number of methoxy groups -OCH3 is 2. The summed E-state index contributed by atoms with van der Waals surface area (Å²) in [6, 6.07) is 12.7. The number of nitrogens with one attached hydrogen (secondary N) is 1. The Bertz CT molecular complexity index is 912. The SMILES string of the molecule is CCN(CC)C(=O)[C@@H](Cc1ccccc1)NS(=O)(=O)c1ccc(OC)c(OC)c1. The lowest BCUT2D eigenvalue weighted by molar-refractivity contribution is -0.132. The van der Waals surface area contributed by atoms with Crippen LogP contribution in [0.5, 0.6) is 11.5 Å². The molecule has 0 fully saturated rings. The summed E-state index contributed by atoms with van der Waals surface area (Å²) in [5.41, 5.74) is 0.869. The molecular weight excluding hydrogens is 392 g/mol. The molecule has 0 unspecified atom stereocenters. The minimum atomic E-state index is -3.97. The lowest BCUT2D eigenvalue weighted by Gasteiger charge is -2.26. The number of rotatable bonds is 10. The van der Waals surface area contributed by atoms with Crippen molar-refractivity contribution in [3.05, 3.63) is 54.1 Å². The maximum atomic E-state index is 13.0. The molecule has 1 amide bonds. The standard InChI is InChI=1S/C21H28N2O5S/c1-5-23(6-2)21(24)18(14-16-10-8-7-9-11-16)22-29(25,26)17-12-13-19(27-3)20(15-17)28-4/h7-13,15,18,22H,5-6,14H2,1-4H3/t18-/m1/s1. The lowest BCUT2D eigenvalue weighted by atomic mass is 10.1. The molecule has 2 aromatic carbocycles. The molecular formula is C21H28N2O5S. The second-order valence-corrected chi connectivity index (χ2v) is 8.10. The summed E-state index contributed by atoms with van der Waals surface area (Å²) in [5, 5.41) is 0. The van der Waals surface area contributed by atoms with Crippen molar-refractivity contribution in [2.75, 3.05) is 27.3 Å². The number of sulfonamides is 1. The number of carbonyl (C=O) groups excluding carboxylic acids is 1. The lowest BCUT2D eigenvalue weighted by Crippen LogP contribution is -2.49. The predicted octanol–water partition coefficient (Wildman–Crippen LogP) is 2.46. The van der Waals surface area contributed by atoms with E-state index in [0.717, 1.165) is 5.56 Å². The zero-order valence-corrected chi connectivity index (χ0v) is 18.0. The highest BCUT2D eigenvalue weighted by atomic mass is 32.2. The summed E-state index contributed by atoms with van der Waals surface area (Å²) in [6.07, 6.45) is 0.253. The van der Waals surface area contributed by atoms with Crippen molar-refractivity contribution in [3.63, 3.8) is 0 Å². The van der Waals surface area contributed by atoms with Crippen LogP contribution in [0.4, 0.5) is 0 Å². The van der Waals surface area contributed by atoms with Crippen LogP contribution < -0.4 is 14.2 Å². The first-order valence-corrected chi connectivity index (χ1v) is 10.9. The van der Waals surface area contributed by atoms with Gasteiger partial charge in [-0.3, -0.25) is 4.79 Å². The van der Waals surface area contributed by atoms with Crippen molar-refractivity contribution in [2.45, 2.75) is 31.2 Å². The molecule has 29 heavy (non-hydrogen) atoms. The smallest absolute Gasteiger partial charge is 0.241 e. The zero-order valence-electron chi connectivity index (χ0n) is 17.2. The van der Waals surface area contributed by atoms with Gasteiger partial charge in [0.15, 0.2) is 11.5 Å². The van der Waals surface area contributed by atoms with Crippen LogP contribution in [0, 0.1) is 0 Å². The molecule has 8 heteroatoms. The van der Waals surface area contributed by atoms with Gasteiger partial charge in [0.05, 0.1) is 19.1 Å². The molecule has 2 aromatic rings. The van der Waals surface area contributed by atoms with Gasteiger partial charge in [0, 0.05) is 19.2 Å². The van der Waals surface area contributed by atoms with Gasteiger partial charge in [-0.15, -0.1) is 0 Å². The van der Waals surface area contributed by atoms with Gasteiger partial charge >= 0.3 is 0 Å². The Morgan fingerprint density at radius 3 is 2.17 bits per heavy atom. The van der Waals surface area contributed by atoms with Crippen molar-refractivity contribution in [2.24, 2.45) is 0 Å². The molecule has 0 aliphatic rings. The first kappa shape index (κ1) is 22.7. The van der Waals surface area contributed by atoms with Gasteiger partial charge in [0.1, 0.15) is 6.04 Å². The third-order valence-electron chi connectivity index (χ3n) is 4.62. The van der Waals surface area contributed by atoms with Crippen LogP contribution in [0.15, 0.2) is 53.4 Å². The van der Waals surface area contributed by atoms with E-state index in [0.29, 0.717) is 24.6 Å². The van der Waals surface area contributed by atoms with Crippen LogP contribution in [-0.4, -0.2) is 52.6 Å². The predicted molar refractivity (Wildman–Crippen MR) is 112 cm³/mol. The second kappa shape index (κ2) is 10.3. The quantitative estimate of drug-likeness (QED) is 0.638. The molecule has 0 aromatic heterocycles. The van der Waals surface area contributed by atoms with E-state index in [2.05, 4.69) is 4.72 Å². The summed E-state index contributed by atoms with van der Waals surface area (Å²) in [6.45, 7) is 4.73. The molecule has 0 saturated heterocycles. The Morgan fingerprint density at radius 1 is 1.00 bits per heavy atom. The van der Waals surface area contributed by atoms with E-state index in [4.69, 9.17) is 9.47 Å². The van der Waals surface area contributed by atoms with Crippen LogP contribution in [0.1, 0.15) is 19.4 Å². The first-order valence-electron chi connectivity index (χ1n) is 9.43. The van der Waals surface area contributed by atoms with Crippen LogP contribution in [0.3, 0.4) is 0 Å². The number of amides is 1. The molecule has 0 spiro atoms. The minimum absolute atomic E-state index is 0.000517. The van der Waals surface area contributed by atoms with Crippen LogP contribution in [-0.2, 0) is 21.2 Å². The van der Waals surface area contributed by atoms with Gasteiger partial charge in [0.25, 0.3) is 0 Å². The third-order valence-corrected chi connectivity index (χ3v) is 6.09. The number of carbonyl (C=O) groups is 1. The fourth-order valence-electron chi connectivity index (χ4n) is 3.02. The van der Waals surface area contributed by atoms with E-state index in [-0.39, 0.29) is 17.2 Å². The highest BCUT2D eigenvalue weighted by Gasteiger charge is 2.29. The van der Waals surface area contributed by atoms with E-state index in [1.807, 2.05) is 44.2 Å². The monoisotopic (exact) mass is 420 g/mol. The number of ether oxygens (including phenoxy) is 2. The maximum absolute atomic E-state index is 13.0. The topological polar surface area (TPSA) is 84.9 Å². The van der Waals surface area contributed by atoms with Crippen LogP contribution in [0.2, 0.25) is 0 Å². The average molecular weight is 421 g/mol. The second-order valence-electron chi connectivity index (χ2n) is 6.39. The first-order chi connectivity index (χ1) is 13.9. The highest BCUT2D eigenvalue weighted by molar-refractivity contribution is 7.89. The summed E-state index contributed by atoms with van der Waals surface area (Å²) < 4.78 is 39.0. The van der Waals surface area contributed by atoms with Crippen molar-refractivity contribution in [3.8, 4) is 11.5 Å². The van der Waals surface area contributed by atoms with Gasteiger partial charge in [-0.05, 0) is 38.0 Å². The third kappa shape index (κ3) is 5.71. The average Bonchev–Trinajstić information content (AvgIpc) is 2.74. The Balaban J connectivity index is 2.36. The van der Waals surface area contributed by atoms with E-state index in [1.165, 1.54) is 32.4 Å². The molecule has 158 valence electrons. The van der Waals surface area contributed by atoms with Crippen molar-refractivity contribution >= 4 is 15.9 Å². The summed E-state index contributed by atoms with van der Waals surface area (Å²) in [5.74, 6) is 0.458. The number of benzene rings is 2. The maximum Gasteiger partial charge on any atom is 0.241 e. The van der Waals surface area contributed by atoms with Gasteiger partial charge in [0.2, 0.25) is 15.9 Å². The van der Waals surface area contributed by atoms with E-state index in [9.17, 15) is 13.2 Å². The number of hydrogen-bond donors (Lipinski definition) is 1. The van der Waals surface area contributed by atoms with Crippen molar-refractivity contribution in [1.82, 2.24) is 9.62 Å². The van der Waals surface area contributed by atoms with Crippen molar-refractivity contribution < 1.29 is 22.7 Å². The largest absolute Gasteiger partial charge is 0.493 e. The molecule has 0 aliphatic carbocycles. The fraction of sp³-hybridized carbons (Fsp3) is 0.381. The Morgan fingerprint density at radius 2 is 1.62 bits per heavy atom. The number of nitrogens with zero attached hydrogens (tertiary/aromatic N) is 1. The molecule has 0 aliphatic heterocycles. The molecule has 0 saturated carbocycles. The van der Waals surface area contributed by atoms with Gasteiger partial charge in [-0.2, -0.15) is 4.72 Å². The summed E-state index contributed by atoms with van der Waals surface area (Å²) in [7, 11) is -1.06. The number of likely N-dealkylation sites (N-methyl/N-ethyl adjacent to an activating group) is 1. The van der Waals surface area contributed by atoms with E-state index < -0.39 is 16.1 Å². The summed E-state index contributed by atoms with van der Waals surface area (Å²) in [4.78, 5) is 14.6. The van der Waals surface area contributed by atoms with E-state index in [1.54, 1.807) is 4.90 Å². The molecule has 0 heterocycles. The zero-order chi connectivity index (χ0) is 21.4. The normalized spacial score (nSPS) is 12.3. The Labute approximate surface area is 172 Å². The number of hydrogen-bond acceptors (Lipinski definition) is 5. The van der Waals surface area contributed by atoms with Gasteiger partial charge in [-0.1, -0.05) is 30.3 Å². The minimum Gasteiger partial charge on any atom is -0.493 e. The Hall–Kier alpha value is -2.58. The van der Waals surface area contributed by atoms with E-state index >= 15 is 0 Å². The van der Waals surface area contributed by atoms with Crippen LogP contribution >= 0.6 is 0 Å². The highest BCUT2D eigenvalue weighted by Crippen LogP contribution is 2.29. The molecule has 1 atom stereocenters. The molecule has 1 N–H and O–H groups in total. The summed E-state index contributed by atoms with van der Waals surface area (Å²) >= 11 is 0.